The Morgan fingerprint density at radius 3 is 1.82 bits per heavy atom. The molecular weight excluding hydrogens is 502 g/mol. The van der Waals surface area contributed by atoms with Crippen LogP contribution < -0.4 is 10.1 Å². The molecule has 0 aliphatic heterocycles. The Labute approximate surface area is 232 Å². The van der Waals surface area contributed by atoms with Crippen molar-refractivity contribution in [1.82, 2.24) is 5.32 Å². The molecular formula is C30H53NO6S. The lowest BCUT2D eigenvalue weighted by atomic mass is 10.0. The van der Waals surface area contributed by atoms with Crippen LogP contribution in [0.3, 0.4) is 0 Å². The molecule has 7 nitrogen and oxygen atoms in total. The Kier molecular flexibility index (Phi) is 18.4. The number of carbonyl (C=O) groups excluding carboxylic acids is 1. The number of unbranched alkanes of at least 4 members (excludes halogenated alkanes) is 14. The van der Waals surface area contributed by atoms with Crippen LogP contribution in [0.1, 0.15) is 135 Å². The maximum atomic E-state index is 12.2. The summed E-state index contributed by atoms with van der Waals surface area (Å²) in [6.07, 6.45) is 19.5. The predicted molar refractivity (Wildman–Crippen MR) is 155 cm³/mol. The maximum absolute atomic E-state index is 12.2. The van der Waals surface area contributed by atoms with Crippen molar-refractivity contribution >= 4 is 16.1 Å². The fourth-order valence-electron chi connectivity index (χ4n) is 4.40. The highest BCUT2D eigenvalue weighted by Crippen LogP contribution is 2.31. The number of esters is 1. The van der Waals surface area contributed by atoms with Gasteiger partial charge in [0, 0.05) is 19.0 Å². The molecule has 1 unspecified atom stereocenters. The average Bonchev–Trinajstić information content (AvgIpc) is 2.84. The van der Waals surface area contributed by atoms with Gasteiger partial charge in [-0.05, 0) is 24.1 Å². The standard InChI is InChI=1S/C30H53NO6S/c1-5-6-7-8-9-10-11-12-13-14-15-16-17-18-19-20-30(33)36-28-22-21-26(23-27(28)32)29(24-31-25(2)3)37-38(4,34)35/h21-23,25,29,31-32H,5-20,24H2,1-4H3. The first kappa shape index (κ1) is 34.4. The van der Waals surface area contributed by atoms with E-state index in [-0.39, 0.29) is 30.1 Å². The molecule has 1 aromatic carbocycles. The van der Waals surface area contributed by atoms with Gasteiger partial charge in [-0.2, -0.15) is 8.42 Å². The number of aromatic hydroxyl groups is 1. The van der Waals surface area contributed by atoms with Crippen molar-refractivity contribution in [2.75, 3.05) is 12.8 Å². The van der Waals surface area contributed by atoms with Gasteiger partial charge in [-0.15, -0.1) is 0 Å². The summed E-state index contributed by atoms with van der Waals surface area (Å²) in [6, 6.07) is 4.60. The molecule has 0 amide bonds. The first-order valence-electron chi connectivity index (χ1n) is 14.8. The summed E-state index contributed by atoms with van der Waals surface area (Å²) in [5.74, 6) is -0.540. The first-order valence-corrected chi connectivity index (χ1v) is 16.6. The molecule has 0 fully saturated rings. The number of phenolic OH excluding ortho intramolecular Hbond substituents is 1. The minimum atomic E-state index is -3.70. The highest BCUT2D eigenvalue weighted by Gasteiger charge is 2.20. The van der Waals surface area contributed by atoms with Gasteiger partial charge in [0.15, 0.2) is 11.5 Å². The van der Waals surface area contributed by atoms with Gasteiger partial charge in [-0.1, -0.05) is 117 Å². The molecule has 0 heterocycles. The van der Waals surface area contributed by atoms with Crippen molar-refractivity contribution in [2.24, 2.45) is 0 Å². The lowest BCUT2D eigenvalue weighted by Crippen LogP contribution is -2.30. The number of rotatable bonds is 23. The number of nitrogens with one attached hydrogen (secondary N) is 1. The summed E-state index contributed by atoms with van der Waals surface area (Å²) in [5, 5.41) is 13.5. The zero-order valence-electron chi connectivity index (χ0n) is 24.3. The largest absolute Gasteiger partial charge is 0.504 e. The molecule has 0 saturated heterocycles. The molecule has 0 aliphatic carbocycles. The first-order chi connectivity index (χ1) is 18.1. The molecule has 0 aliphatic rings. The molecule has 8 heteroatoms. The van der Waals surface area contributed by atoms with Crippen LogP contribution in [0.2, 0.25) is 0 Å². The van der Waals surface area contributed by atoms with Crippen molar-refractivity contribution in [1.29, 1.82) is 0 Å². The summed E-state index contributed by atoms with van der Waals surface area (Å²) in [7, 11) is -3.70. The van der Waals surface area contributed by atoms with Crippen molar-refractivity contribution in [2.45, 2.75) is 136 Å². The zero-order valence-corrected chi connectivity index (χ0v) is 25.1. The van der Waals surface area contributed by atoms with E-state index in [2.05, 4.69) is 12.2 Å². The number of benzene rings is 1. The minimum absolute atomic E-state index is 0.0645. The van der Waals surface area contributed by atoms with Crippen LogP contribution in [0.5, 0.6) is 11.5 Å². The van der Waals surface area contributed by atoms with E-state index in [1.54, 1.807) is 6.07 Å². The molecule has 0 radical (unpaired) electrons. The molecule has 1 aromatic rings. The van der Waals surface area contributed by atoms with Crippen molar-refractivity contribution in [3.05, 3.63) is 23.8 Å². The molecule has 0 bridgehead atoms. The average molecular weight is 556 g/mol. The molecule has 2 N–H and O–H groups in total. The molecule has 38 heavy (non-hydrogen) atoms. The maximum Gasteiger partial charge on any atom is 0.311 e. The van der Waals surface area contributed by atoms with Gasteiger partial charge >= 0.3 is 5.97 Å². The number of ether oxygens (including phenoxy) is 1. The second-order valence-electron chi connectivity index (χ2n) is 10.8. The van der Waals surface area contributed by atoms with Crippen molar-refractivity contribution in [3.63, 3.8) is 0 Å². The number of hydrogen-bond acceptors (Lipinski definition) is 7. The summed E-state index contributed by atoms with van der Waals surface area (Å²) < 4.78 is 33.8. The quantitative estimate of drug-likeness (QED) is 0.0621. The number of carbonyl (C=O) groups is 1. The van der Waals surface area contributed by atoms with Gasteiger partial charge in [0.05, 0.1) is 6.26 Å². The normalized spacial score (nSPS) is 12.7. The van der Waals surface area contributed by atoms with Crippen LogP contribution >= 0.6 is 0 Å². The summed E-state index contributed by atoms with van der Waals surface area (Å²) >= 11 is 0. The Morgan fingerprint density at radius 2 is 1.37 bits per heavy atom. The van der Waals surface area contributed by atoms with E-state index in [0.29, 0.717) is 12.0 Å². The Morgan fingerprint density at radius 1 is 0.868 bits per heavy atom. The van der Waals surface area contributed by atoms with Crippen LogP contribution in [0.4, 0.5) is 0 Å². The Bertz CT molecular complexity index is 871. The smallest absolute Gasteiger partial charge is 0.311 e. The van der Waals surface area contributed by atoms with Crippen LogP contribution in [-0.4, -0.2) is 38.3 Å². The molecule has 1 atom stereocenters. The summed E-state index contributed by atoms with van der Waals surface area (Å²) in [6.45, 7) is 6.39. The van der Waals surface area contributed by atoms with E-state index in [0.717, 1.165) is 25.5 Å². The van der Waals surface area contributed by atoms with Gasteiger partial charge in [0.25, 0.3) is 10.1 Å². The van der Waals surface area contributed by atoms with E-state index < -0.39 is 16.2 Å². The monoisotopic (exact) mass is 555 g/mol. The number of phenols is 1. The molecule has 0 spiro atoms. The van der Waals surface area contributed by atoms with E-state index in [9.17, 15) is 18.3 Å². The Balaban J connectivity index is 2.23. The van der Waals surface area contributed by atoms with Crippen molar-refractivity contribution < 1.29 is 27.2 Å². The predicted octanol–water partition coefficient (Wildman–Crippen LogP) is 7.57. The second kappa shape index (κ2) is 20.3. The van der Waals surface area contributed by atoms with E-state index >= 15 is 0 Å². The minimum Gasteiger partial charge on any atom is -0.504 e. The second-order valence-corrected chi connectivity index (χ2v) is 12.4. The van der Waals surface area contributed by atoms with Crippen LogP contribution in [0, 0.1) is 0 Å². The third-order valence-electron chi connectivity index (χ3n) is 6.57. The summed E-state index contributed by atoms with van der Waals surface area (Å²) in [5.41, 5.74) is 0.475. The van der Waals surface area contributed by atoms with Crippen LogP contribution in [0.15, 0.2) is 18.2 Å². The lowest BCUT2D eigenvalue weighted by molar-refractivity contribution is -0.134. The summed E-state index contributed by atoms with van der Waals surface area (Å²) in [4.78, 5) is 12.2. The molecule has 0 aromatic heterocycles. The molecule has 0 saturated carbocycles. The Hall–Kier alpha value is -1.64. The van der Waals surface area contributed by atoms with Gasteiger partial charge in [0.1, 0.15) is 6.10 Å². The van der Waals surface area contributed by atoms with E-state index in [4.69, 9.17) is 8.92 Å². The fourth-order valence-corrected chi connectivity index (χ4v) is 5.00. The third kappa shape index (κ3) is 17.8. The SMILES string of the molecule is CCCCCCCCCCCCCCCCCC(=O)Oc1ccc(C(CNC(C)C)OS(C)(=O)=O)cc1O. The molecule has 1 rings (SSSR count). The van der Waals surface area contributed by atoms with Gasteiger partial charge < -0.3 is 15.2 Å². The van der Waals surface area contributed by atoms with Gasteiger partial charge in [-0.3, -0.25) is 8.98 Å². The number of hydrogen-bond donors (Lipinski definition) is 2. The zero-order chi connectivity index (χ0) is 28.2. The van der Waals surface area contributed by atoms with E-state index in [1.807, 2.05) is 13.8 Å². The fraction of sp³-hybridized carbons (Fsp3) is 0.767. The van der Waals surface area contributed by atoms with Crippen LogP contribution in [-0.2, 0) is 19.1 Å². The topological polar surface area (TPSA) is 102 Å². The highest BCUT2D eigenvalue weighted by molar-refractivity contribution is 7.86. The lowest BCUT2D eigenvalue weighted by Gasteiger charge is -2.19. The third-order valence-corrected chi connectivity index (χ3v) is 7.15. The van der Waals surface area contributed by atoms with Crippen LogP contribution in [0.25, 0.3) is 0 Å². The highest BCUT2D eigenvalue weighted by atomic mass is 32.2. The van der Waals surface area contributed by atoms with Crippen molar-refractivity contribution in [3.8, 4) is 11.5 Å². The van der Waals surface area contributed by atoms with Gasteiger partial charge in [-0.25, -0.2) is 0 Å². The van der Waals surface area contributed by atoms with E-state index in [1.165, 1.54) is 89.2 Å². The van der Waals surface area contributed by atoms with Gasteiger partial charge in [0.2, 0.25) is 0 Å². The molecule has 220 valence electrons.